The van der Waals surface area contributed by atoms with Gasteiger partial charge in [0.2, 0.25) is 0 Å². The number of carbonyl (C=O) groups is 1. The van der Waals surface area contributed by atoms with Gasteiger partial charge in [0.1, 0.15) is 0 Å². The predicted octanol–water partition coefficient (Wildman–Crippen LogP) is 3.04. The molecule has 1 aliphatic heterocycles. The Hall–Kier alpha value is -2.30. The van der Waals surface area contributed by atoms with Crippen LogP contribution in [0.25, 0.3) is 0 Å². The molecule has 2 aromatic rings. The van der Waals surface area contributed by atoms with Gasteiger partial charge in [0.15, 0.2) is 0 Å². The van der Waals surface area contributed by atoms with E-state index in [0.29, 0.717) is 5.92 Å². The summed E-state index contributed by atoms with van der Waals surface area (Å²) < 4.78 is 0. The van der Waals surface area contributed by atoms with E-state index < -0.39 is 0 Å². The maximum atomic E-state index is 12.2. The lowest BCUT2D eigenvalue weighted by Gasteiger charge is -2.39. The molecule has 0 radical (unpaired) electrons. The highest BCUT2D eigenvalue weighted by Gasteiger charge is 2.31. The summed E-state index contributed by atoms with van der Waals surface area (Å²) in [6, 6.07) is 8.43. The van der Waals surface area contributed by atoms with E-state index in [4.69, 9.17) is 0 Å². The maximum Gasteiger partial charge on any atom is 0.321 e. The fourth-order valence-electron chi connectivity index (χ4n) is 2.94. The van der Waals surface area contributed by atoms with E-state index >= 15 is 0 Å². The molecule has 2 N–H and O–H groups in total. The first-order valence-electron chi connectivity index (χ1n) is 7.66. The van der Waals surface area contributed by atoms with Crippen LogP contribution < -0.4 is 5.32 Å². The van der Waals surface area contributed by atoms with Crippen molar-refractivity contribution in [3.8, 4) is 0 Å². The Morgan fingerprint density at radius 3 is 2.68 bits per heavy atom. The smallest absolute Gasteiger partial charge is 0.321 e. The van der Waals surface area contributed by atoms with Crippen molar-refractivity contribution in [3.63, 3.8) is 0 Å². The third-order valence-electron chi connectivity index (χ3n) is 4.37. The molecule has 3 rings (SSSR count). The first-order valence-corrected chi connectivity index (χ1v) is 7.66. The van der Waals surface area contributed by atoms with Crippen LogP contribution >= 0.6 is 0 Å². The molecule has 116 valence electrons. The second kappa shape index (κ2) is 5.83. The number of carbonyl (C=O) groups excluding carboxylic acids is 1. The second-order valence-electron chi connectivity index (χ2n) is 6.14. The number of anilines is 1. The summed E-state index contributed by atoms with van der Waals surface area (Å²) in [6.45, 7) is 7.57. The van der Waals surface area contributed by atoms with Crippen LogP contribution in [-0.4, -0.2) is 34.2 Å². The van der Waals surface area contributed by atoms with Crippen LogP contribution in [0.4, 0.5) is 10.5 Å². The Morgan fingerprint density at radius 1 is 1.32 bits per heavy atom. The van der Waals surface area contributed by atoms with Gasteiger partial charge < -0.3 is 10.2 Å². The van der Waals surface area contributed by atoms with E-state index in [1.54, 1.807) is 0 Å². The highest BCUT2D eigenvalue weighted by Crippen LogP contribution is 2.24. The number of aromatic amines is 1. The molecule has 22 heavy (non-hydrogen) atoms. The maximum absolute atomic E-state index is 12.2. The van der Waals surface area contributed by atoms with E-state index in [1.807, 2.05) is 18.7 Å². The van der Waals surface area contributed by atoms with Gasteiger partial charge in [-0.3, -0.25) is 5.10 Å². The molecule has 1 fully saturated rings. The Bertz CT molecular complexity index is 666. The van der Waals surface area contributed by atoms with Gasteiger partial charge >= 0.3 is 6.03 Å². The van der Waals surface area contributed by atoms with Gasteiger partial charge in [-0.25, -0.2) is 4.79 Å². The summed E-state index contributed by atoms with van der Waals surface area (Å²) in [7, 11) is 0. The van der Waals surface area contributed by atoms with Crippen molar-refractivity contribution in [2.45, 2.75) is 27.2 Å². The number of hydrogen-bond donors (Lipinski definition) is 2. The van der Waals surface area contributed by atoms with Crippen LogP contribution in [0.2, 0.25) is 0 Å². The van der Waals surface area contributed by atoms with Gasteiger partial charge in [0.25, 0.3) is 0 Å². The molecule has 5 heteroatoms. The van der Waals surface area contributed by atoms with E-state index in [2.05, 4.69) is 46.7 Å². The monoisotopic (exact) mass is 298 g/mol. The van der Waals surface area contributed by atoms with E-state index in [-0.39, 0.29) is 6.03 Å². The second-order valence-corrected chi connectivity index (χ2v) is 6.14. The van der Waals surface area contributed by atoms with Gasteiger partial charge in [-0.15, -0.1) is 0 Å². The Labute approximate surface area is 130 Å². The van der Waals surface area contributed by atoms with Crippen LogP contribution in [0.3, 0.4) is 0 Å². The highest BCUT2D eigenvalue weighted by molar-refractivity contribution is 5.91. The molecule has 2 amide bonds. The van der Waals surface area contributed by atoms with Crippen molar-refractivity contribution in [2.24, 2.45) is 5.92 Å². The lowest BCUT2D eigenvalue weighted by atomic mass is 9.90. The van der Waals surface area contributed by atoms with Crippen molar-refractivity contribution >= 4 is 11.7 Å². The van der Waals surface area contributed by atoms with Crippen molar-refractivity contribution < 1.29 is 4.79 Å². The zero-order valence-electron chi connectivity index (χ0n) is 13.3. The number of amides is 2. The van der Waals surface area contributed by atoms with Crippen molar-refractivity contribution in [2.75, 3.05) is 18.4 Å². The number of aryl methyl sites for hydroxylation is 3. The Morgan fingerprint density at radius 2 is 2.05 bits per heavy atom. The molecule has 0 unspecified atom stereocenters. The molecule has 1 saturated heterocycles. The minimum atomic E-state index is -0.0337. The first-order chi connectivity index (χ1) is 10.5. The number of benzene rings is 1. The average molecular weight is 298 g/mol. The third-order valence-corrected chi connectivity index (χ3v) is 4.37. The molecule has 0 atom stereocenters. The SMILES string of the molecule is Cc1ccccc1CC1CN(C(=O)Nc2c(C)n[nH]c2C)C1. The van der Waals surface area contributed by atoms with Crippen molar-refractivity contribution in [1.82, 2.24) is 15.1 Å². The molecule has 0 saturated carbocycles. The standard InChI is InChI=1S/C17H22N4O/c1-11-6-4-5-7-15(11)8-14-9-21(10-14)17(22)18-16-12(2)19-20-13(16)3/h4-7,14H,8-10H2,1-3H3,(H,18,22)(H,19,20). The van der Waals surface area contributed by atoms with Gasteiger partial charge in [0.05, 0.1) is 17.1 Å². The number of nitrogens with zero attached hydrogens (tertiary/aromatic N) is 2. The summed E-state index contributed by atoms with van der Waals surface area (Å²) in [5.41, 5.74) is 5.22. The zero-order chi connectivity index (χ0) is 15.7. The van der Waals surface area contributed by atoms with E-state index in [1.165, 1.54) is 11.1 Å². The van der Waals surface area contributed by atoms with Crippen molar-refractivity contribution in [3.05, 3.63) is 46.8 Å². The third kappa shape index (κ3) is 2.84. The number of H-pyrrole nitrogens is 1. The fourth-order valence-corrected chi connectivity index (χ4v) is 2.94. The van der Waals surface area contributed by atoms with E-state index in [0.717, 1.165) is 36.6 Å². The predicted molar refractivity (Wildman–Crippen MR) is 87.0 cm³/mol. The van der Waals surface area contributed by atoms with Crippen LogP contribution in [0, 0.1) is 26.7 Å². The normalized spacial score (nSPS) is 14.8. The molecule has 2 heterocycles. The number of likely N-dealkylation sites (tertiary alicyclic amines) is 1. The largest absolute Gasteiger partial charge is 0.324 e. The Balaban J connectivity index is 1.53. The number of hydrogen-bond acceptors (Lipinski definition) is 2. The van der Waals surface area contributed by atoms with Gasteiger partial charge in [-0.2, -0.15) is 5.10 Å². The first kappa shape index (κ1) is 14.6. The van der Waals surface area contributed by atoms with Gasteiger partial charge in [-0.05, 0) is 44.2 Å². The highest BCUT2D eigenvalue weighted by atomic mass is 16.2. The Kier molecular flexibility index (Phi) is 3.88. The number of urea groups is 1. The molecule has 0 spiro atoms. The molecular weight excluding hydrogens is 276 g/mol. The minimum Gasteiger partial charge on any atom is -0.324 e. The molecule has 0 bridgehead atoms. The van der Waals surface area contributed by atoms with E-state index in [9.17, 15) is 4.79 Å². The van der Waals surface area contributed by atoms with Crippen LogP contribution in [-0.2, 0) is 6.42 Å². The summed E-state index contributed by atoms with van der Waals surface area (Å²) >= 11 is 0. The van der Waals surface area contributed by atoms with Gasteiger partial charge in [0, 0.05) is 13.1 Å². The molecule has 5 nitrogen and oxygen atoms in total. The average Bonchev–Trinajstić information content (AvgIpc) is 2.76. The summed E-state index contributed by atoms with van der Waals surface area (Å²) in [5, 5.41) is 9.93. The molecular formula is C17H22N4O. The van der Waals surface area contributed by atoms with Crippen LogP contribution in [0.15, 0.2) is 24.3 Å². The minimum absolute atomic E-state index is 0.0337. The number of rotatable bonds is 3. The van der Waals surface area contributed by atoms with Crippen molar-refractivity contribution in [1.29, 1.82) is 0 Å². The topological polar surface area (TPSA) is 61.0 Å². The quantitative estimate of drug-likeness (QED) is 0.915. The molecule has 0 aliphatic carbocycles. The van der Waals surface area contributed by atoms with Crippen LogP contribution in [0.5, 0.6) is 0 Å². The number of nitrogens with one attached hydrogen (secondary N) is 2. The molecule has 1 aromatic heterocycles. The molecule has 1 aromatic carbocycles. The van der Waals surface area contributed by atoms with Gasteiger partial charge in [-0.1, -0.05) is 24.3 Å². The molecule has 1 aliphatic rings. The summed E-state index contributed by atoms with van der Waals surface area (Å²) in [4.78, 5) is 14.1. The number of aromatic nitrogens is 2. The van der Waals surface area contributed by atoms with Crippen LogP contribution in [0.1, 0.15) is 22.5 Å². The fraction of sp³-hybridized carbons (Fsp3) is 0.412. The lowest BCUT2D eigenvalue weighted by molar-refractivity contribution is 0.131. The summed E-state index contributed by atoms with van der Waals surface area (Å²) in [5.74, 6) is 0.554. The zero-order valence-corrected chi connectivity index (χ0v) is 13.3. The lowest BCUT2D eigenvalue weighted by Crippen LogP contribution is -2.52. The summed E-state index contributed by atoms with van der Waals surface area (Å²) in [6.07, 6.45) is 1.04.